The van der Waals surface area contributed by atoms with Gasteiger partial charge in [0.05, 0.1) is 0 Å². The van der Waals surface area contributed by atoms with Crippen LogP contribution in [-0.2, 0) is 0 Å². The normalized spacial score (nSPS) is 13.1. The summed E-state index contributed by atoms with van der Waals surface area (Å²) < 4.78 is 0. The number of hydrogen-bond acceptors (Lipinski definition) is 2. The summed E-state index contributed by atoms with van der Waals surface area (Å²) in [6.07, 6.45) is 1.73. The lowest BCUT2D eigenvalue weighted by molar-refractivity contribution is 0.810. The Labute approximate surface area is 71.4 Å². The van der Waals surface area contributed by atoms with E-state index in [-0.39, 0.29) is 6.04 Å². The summed E-state index contributed by atoms with van der Waals surface area (Å²) in [6, 6.07) is 1.91. The minimum atomic E-state index is -0.0464. The van der Waals surface area contributed by atoms with Crippen LogP contribution in [0.3, 0.4) is 0 Å². The second-order valence-electron chi connectivity index (χ2n) is 2.68. The number of pyridine rings is 1. The van der Waals surface area contributed by atoms with Gasteiger partial charge in [0.1, 0.15) is 5.15 Å². The minimum absolute atomic E-state index is 0.0464. The SMILES string of the molecule is Cc1cnc(Cl)c([C@@H](C)N)c1. The average Bonchev–Trinajstić information content (AvgIpc) is 1.94. The lowest BCUT2D eigenvalue weighted by atomic mass is 10.1. The van der Waals surface area contributed by atoms with E-state index in [0.29, 0.717) is 5.15 Å². The quantitative estimate of drug-likeness (QED) is 0.656. The molecule has 0 radical (unpaired) electrons. The smallest absolute Gasteiger partial charge is 0.133 e. The van der Waals surface area contributed by atoms with Gasteiger partial charge in [0.2, 0.25) is 0 Å². The van der Waals surface area contributed by atoms with E-state index in [1.54, 1.807) is 6.20 Å². The highest BCUT2D eigenvalue weighted by molar-refractivity contribution is 6.30. The van der Waals surface area contributed by atoms with E-state index < -0.39 is 0 Å². The molecule has 1 aromatic rings. The number of halogens is 1. The predicted molar refractivity (Wildman–Crippen MR) is 46.6 cm³/mol. The van der Waals surface area contributed by atoms with E-state index >= 15 is 0 Å². The van der Waals surface area contributed by atoms with Crippen molar-refractivity contribution in [2.75, 3.05) is 0 Å². The summed E-state index contributed by atoms with van der Waals surface area (Å²) in [4.78, 5) is 3.99. The molecule has 1 rings (SSSR count). The molecule has 0 fully saturated rings. The molecule has 0 saturated heterocycles. The standard InChI is InChI=1S/C8H11ClN2/c1-5-3-7(6(2)10)8(9)11-4-5/h3-4,6H,10H2,1-2H3/t6-/m1/s1. The van der Waals surface area contributed by atoms with Crippen LogP contribution in [0.25, 0.3) is 0 Å². The fourth-order valence-corrected chi connectivity index (χ4v) is 1.17. The Hall–Kier alpha value is -0.600. The molecule has 2 nitrogen and oxygen atoms in total. The first-order valence-corrected chi connectivity index (χ1v) is 3.86. The second-order valence-corrected chi connectivity index (χ2v) is 3.04. The zero-order valence-electron chi connectivity index (χ0n) is 6.63. The molecule has 0 unspecified atom stereocenters. The van der Waals surface area contributed by atoms with E-state index in [4.69, 9.17) is 17.3 Å². The Balaban J connectivity index is 3.13. The molecule has 0 amide bonds. The van der Waals surface area contributed by atoms with Crippen molar-refractivity contribution in [3.63, 3.8) is 0 Å². The van der Waals surface area contributed by atoms with Gasteiger partial charge in [0.25, 0.3) is 0 Å². The largest absolute Gasteiger partial charge is 0.324 e. The van der Waals surface area contributed by atoms with Crippen LogP contribution in [0.1, 0.15) is 24.1 Å². The Morgan fingerprint density at radius 2 is 2.27 bits per heavy atom. The van der Waals surface area contributed by atoms with Crippen molar-refractivity contribution in [2.24, 2.45) is 5.73 Å². The maximum atomic E-state index is 5.80. The third kappa shape index (κ3) is 1.91. The summed E-state index contributed by atoms with van der Waals surface area (Å²) in [5.74, 6) is 0. The summed E-state index contributed by atoms with van der Waals surface area (Å²) in [7, 11) is 0. The molecular formula is C8H11ClN2. The Bertz CT molecular complexity index is 258. The number of nitrogens with two attached hydrogens (primary N) is 1. The molecule has 2 N–H and O–H groups in total. The van der Waals surface area contributed by atoms with Crippen LogP contribution in [0, 0.1) is 6.92 Å². The van der Waals surface area contributed by atoms with Gasteiger partial charge in [-0.1, -0.05) is 11.6 Å². The molecule has 0 aliphatic rings. The first-order chi connectivity index (χ1) is 5.11. The van der Waals surface area contributed by atoms with Gasteiger partial charge in [0, 0.05) is 17.8 Å². The molecule has 0 spiro atoms. The van der Waals surface area contributed by atoms with Crippen LogP contribution < -0.4 is 5.73 Å². The monoisotopic (exact) mass is 170 g/mol. The minimum Gasteiger partial charge on any atom is -0.324 e. The molecule has 1 heterocycles. The Morgan fingerprint density at radius 1 is 1.64 bits per heavy atom. The number of aromatic nitrogens is 1. The zero-order valence-corrected chi connectivity index (χ0v) is 7.39. The first-order valence-electron chi connectivity index (χ1n) is 3.49. The molecule has 0 aliphatic heterocycles. The van der Waals surface area contributed by atoms with Gasteiger partial charge in [-0.15, -0.1) is 0 Å². The third-order valence-electron chi connectivity index (χ3n) is 1.49. The molecule has 60 valence electrons. The van der Waals surface area contributed by atoms with Gasteiger partial charge in [-0.25, -0.2) is 4.98 Å². The van der Waals surface area contributed by atoms with Crippen molar-refractivity contribution in [3.8, 4) is 0 Å². The maximum Gasteiger partial charge on any atom is 0.133 e. The molecule has 11 heavy (non-hydrogen) atoms. The van der Waals surface area contributed by atoms with Gasteiger partial charge in [-0.2, -0.15) is 0 Å². The molecule has 1 atom stereocenters. The van der Waals surface area contributed by atoms with Gasteiger partial charge in [-0.3, -0.25) is 0 Å². The molecule has 0 aromatic carbocycles. The van der Waals surface area contributed by atoms with Gasteiger partial charge >= 0.3 is 0 Å². The molecule has 0 bridgehead atoms. The number of rotatable bonds is 1. The van der Waals surface area contributed by atoms with Gasteiger partial charge in [0.15, 0.2) is 0 Å². The average molecular weight is 171 g/mol. The highest BCUT2D eigenvalue weighted by Gasteiger charge is 2.05. The summed E-state index contributed by atoms with van der Waals surface area (Å²) in [5, 5.41) is 0.505. The highest BCUT2D eigenvalue weighted by Crippen LogP contribution is 2.19. The molecule has 3 heteroatoms. The fourth-order valence-electron chi connectivity index (χ4n) is 0.894. The first kappa shape index (κ1) is 8.50. The molecule has 0 aliphatic carbocycles. The van der Waals surface area contributed by atoms with Crippen molar-refractivity contribution in [2.45, 2.75) is 19.9 Å². The molecule has 0 saturated carbocycles. The third-order valence-corrected chi connectivity index (χ3v) is 1.81. The lowest BCUT2D eigenvalue weighted by Gasteiger charge is -2.07. The predicted octanol–water partition coefficient (Wildman–Crippen LogP) is 2.06. The number of aryl methyl sites for hydroxylation is 1. The topological polar surface area (TPSA) is 38.9 Å². The van der Waals surface area contributed by atoms with E-state index in [1.807, 2.05) is 19.9 Å². The van der Waals surface area contributed by atoms with E-state index in [2.05, 4.69) is 4.98 Å². The number of nitrogens with zero attached hydrogens (tertiary/aromatic N) is 1. The molecular weight excluding hydrogens is 160 g/mol. The fraction of sp³-hybridized carbons (Fsp3) is 0.375. The van der Waals surface area contributed by atoms with Crippen molar-refractivity contribution < 1.29 is 0 Å². The van der Waals surface area contributed by atoms with E-state index in [9.17, 15) is 0 Å². The van der Waals surface area contributed by atoms with Crippen LogP contribution in [0.2, 0.25) is 5.15 Å². The van der Waals surface area contributed by atoms with E-state index in [0.717, 1.165) is 11.1 Å². The summed E-state index contributed by atoms with van der Waals surface area (Å²) in [5.41, 5.74) is 7.65. The van der Waals surface area contributed by atoms with Crippen LogP contribution in [-0.4, -0.2) is 4.98 Å². The van der Waals surface area contributed by atoms with Gasteiger partial charge in [-0.05, 0) is 25.5 Å². The maximum absolute atomic E-state index is 5.80. The highest BCUT2D eigenvalue weighted by atomic mass is 35.5. The summed E-state index contributed by atoms with van der Waals surface area (Å²) in [6.45, 7) is 3.86. The van der Waals surface area contributed by atoms with Gasteiger partial charge < -0.3 is 5.73 Å². The summed E-state index contributed by atoms with van der Waals surface area (Å²) >= 11 is 5.80. The van der Waals surface area contributed by atoms with Crippen molar-refractivity contribution in [3.05, 3.63) is 28.5 Å². The van der Waals surface area contributed by atoms with Crippen molar-refractivity contribution >= 4 is 11.6 Å². The van der Waals surface area contributed by atoms with E-state index in [1.165, 1.54) is 0 Å². The number of hydrogen-bond donors (Lipinski definition) is 1. The van der Waals surface area contributed by atoms with Crippen LogP contribution in [0.5, 0.6) is 0 Å². The molecule has 1 aromatic heterocycles. The van der Waals surface area contributed by atoms with Crippen LogP contribution in [0.4, 0.5) is 0 Å². The Kier molecular flexibility index (Phi) is 2.47. The lowest BCUT2D eigenvalue weighted by Crippen LogP contribution is -2.06. The Morgan fingerprint density at radius 3 is 2.73 bits per heavy atom. The van der Waals surface area contributed by atoms with Crippen LogP contribution >= 0.6 is 11.6 Å². The van der Waals surface area contributed by atoms with Crippen molar-refractivity contribution in [1.82, 2.24) is 4.98 Å². The van der Waals surface area contributed by atoms with Crippen molar-refractivity contribution in [1.29, 1.82) is 0 Å². The van der Waals surface area contributed by atoms with Crippen LogP contribution in [0.15, 0.2) is 12.3 Å². The zero-order chi connectivity index (χ0) is 8.43. The second kappa shape index (κ2) is 3.20.